The van der Waals surface area contributed by atoms with Gasteiger partial charge in [0.05, 0.1) is 5.54 Å². The number of carbonyl (C=O) groups excluding carboxylic acids is 1. The Hall–Kier alpha value is -2.42. The van der Waals surface area contributed by atoms with Gasteiger partial charge in [-0.25, -0.2) is 4.99 Å². The van der Waals surface area contributed by atoms with Crippen molar-refractivity contribution in [3.05, 3.63) is 70.8 Å². The molecule has 0 amide bonds. The van der Waals surface area contributed by atoms with Crippen LogP contribution in [0.25, 0.3) is 0 Å². The number of unbranched alkanes of at least 4 members (excludes halogenated alkanes) is 1. The number of ether oxygens (including phenoxy) is 1. The highest BCUT2D eigenvalue weighted by molar-refractivity contribution is 6.16. The zero-order valence-corrected chi connectivity index (χ0v) is 15.2. The van der Waals surface area contributed by atoms with Crippen molar-refractivity contribution < 1.29 is 9.53 Å². The Morgan fingerprint density at radius 1 is 1.12 bits per heavy atom. The Labute approximate surface area is 149 Å². The second kappa shape index (κ2) is 7.22. The molecule has 25 heavy (non-hydrogen) atoms. The SMILES string of the molecule is CCCCc1cccc(C2=NC(C)(C)CO2)c1C(=O)c1ccccc1. The number of benzene rings is 2. The standard InChI is InChI=1S/C22H25NO2/c1-4-5-10-16-13-9-14-18(21-23-22(2,3)15-25-21)19(16)20(24)17-11-7-6-8-12-17/h6-9,11-14H,4-5,10,15H2,1-3H3. The number of aliphatic imine (C=N–C) groups is 1. The highest BCUT2D eigenvalue weighted by Crippen LogP contribution is 2.27. The van der Waals surface area contributed by atoms with E-state index in [1.165, 1.54) is 0 Å². The van der Waals surface area contributed by atoms with Crippen molar-refractivity contribution in [2.75, 3.05) is 6.61 Å². The molecule has 3 rings (SSSR count). The van der Waals surface area contributed by atoms with E-state index in [0.29, 0.717) is 18.1 Å². The van der Waals surface area contributed by atoms with Gasteiger partial charge in [-0.05, 0) is 38.3 Å². The topological polar surface area (TPSA) is 38.7 Å². The average Bonchev–Trinajstić information content (AvgIpc) is 2.99. The normalized spacial score (nSPS) is 15.6. The largest absolute Gasteiger partial charge is 0.475 e. The first kappa shape index (κ1) is 17.4. The third-order valence-electron chi connectivity index (χ3n) is 4.41. The molecular weight excluding hydrogens is 310 g/mol. The number of aryl methyl sites for hydroxylation is 1. The molecule has 0 radical (unpaired) electrons. The van der Waals surface area contributed by atoms with Crippen LogP contribution in [0.2, 0.25) is 0 Å². The molecule has 1 heterocycles. The van der Waals surface area contributed by atoms with E-state index in [1.807, 2.05) is 56.3 Å². The number of ketones is 1. The minimum Gasteiger partial charge on any atom is -0.475 e. The van der Waals surface area contributed by atoms with Crippen LogP contribution in [0.5, 0.6) is 0 Å². The van der Waals surface area contributed by atoms with Crippen LogP contribution in [0.3, 0.4) is 0 Å². The molecule has 0 aliphatic carbocycles. The number of hydrogen-bond acceptors (Lipinski definition) is 3. The van der Waals surface area contributed by atoms with Gasteiger partial charge in [-0.15, -0.1) is 0 Å². The van der Waals surface area contributed by atoms with Gasteiger partial charge in [0.2, 0.25) is 5.90 Å². The average molecular weight is 335 g/mol. The van der Waals surface area contributed by atoms with Crippen molar-refractivity contribution in [3.63, 3.8) is 0 Å². The van der Waals surface area contributed by atoms with E-state index < -0.39 is 0 Å². The molecule has 0 aromatic heterocycles. The van der Waals surface area contributed by atoms with Gasteiger partial charge in [0.25, 0.3) is 0 Å². The molecule has 0 N–H and O–H groups in total. The number of rotatable bonds is 6. The van der Waals surface area contributed by atoms with Gasteiger partial charge in [0.15, 0.2) is 5.78 Å². The summed E-state index contributed by atoms with van der Waals surface area (Å²) in [6, 6.07) is 15.4. The molecule has 130 valence electrons. The first-order valence-electron chi connectivity index (χ1n) is 8.96. The van der Waals surface area contributed by atoms with Crippen LogP contribution in [0.4, 0.5) is 0 Å². The van der Waals surface area contributed by atoms with E-state index in [2.05, 4.69) is 13.0 Å². The van der Waals surface area contributed by atoms with Crippen LogP contribution in [0.15, 0.2) is 53.5 Å². The molecule has 0 atom stereocenters. The summed E-state index contributed by atoms with van der Waals surface area (Å²) in [7, 11) is 0. The number of carbonyl (C=O) groups is 1. The Bertz CT molecular complexity index is 791. The first-order chi connectivity index (χ1) is 12.0. The van der Waals surface area contributed by atoms with Crippen LogP contribution in [0, 0.1) is 0 Å². The van der Waals surface area contributed by atoms with Crippen LogP contribution in [0.1, 0.15) is 60.7 Å². The maximum absolute atomic E-state index is 13.3. The third-order valence-corrected chi connectivity index (χ3v) is 4.41. The molecule has 0 unspecified atom stereocenters. The first-order valence-corrected chi connectivity index (χ1v) is 8.96. The van der Waals surface area contributed by atoms with Crippen LogP contribution >= 0.6 is 0 Å². The van der Waals surface area contributed by atoms with E-state index in [1.54, 1.807) is 0 Å². The summed E-state index contributed by atoms with van der Waals surface area (Å²) < 4.78 is 5.84. The zero-order valence-electron chi connectivity index (χ0n) is 15.2. The lowest BCUT2D eigenvalue weighted by Crippen LogP contribution is -2.17. The summed E-state index contributed by atoms with van der Waals surface area (Å²) >= 11 is 0. The van der Waals surface area contributed by atoms with Gasteiger partial charge in [0, 0.05) is 16.7 Å². The fraction of sp³-hybridized carbons (Fsp3) is 0.364. The number of nitrogens with zero attached hydrogens (tertiary/aromatic N) is 1. The molecule has 1 aliphatic heterocycles. The lowest BCUT2D eigenvalue weighted by Gasteiger charge is -2.14. The summed E-state index contributed by atoms with van der Waals surface area (Å²) in [6.45, 7) is 6.79. The summed E-state index contributed by atoms with van der Waals surface area (Å²) in [5.74, 6) is 0.626. The predicted molar refractivity (Wildman–Crippen MR) is 101 cm³/mol. The Balaban J connectivity index is 2.11. The second-order valence-electron chi connectivity index (χ2n) is 7.16. The molecule has 3 heteroatoms. The Morgan fingerprint density at radius 2 is 1.88 bits per heavy atom. The van der Waals surface area contributed by atoms with Crippen molar-refractivity contribution in [1.29, 1.82) is 0 Å². The fourth-order valence-corrected chi connectivity index (χ4v) is 3.08. The number of hydrogen-bond donors (Lipinski definition) is 0. The minimum absolute atomic E-state index is 0.0401. The van der Waals surface area contributed by atoms with Crippen LogP contribution in [-0.4, -0.2) is 23.8 Å². The smallest absolute Gasteiger partial charge is 0.217 e. The molecule has 0 saturated heterocycles. The van der Waals surface area contributed by atoms with Gasteiger partial charge in [-0.2, -0.15) is 0 Å². The molecule has 2 aromatic carbocycles. The van der Waals surface area contributed by atoms with Crippen molar-refractivity contribution in [3.8, 4) is 0 Å². The maximum Gasteiger partial charge on any atom is 0.217 e. The summed E-state index contributed by atoms with van der Waals surface area (Å²) in [4.78, 5) is 17.9. The molecule has 0 saturated carbocycles. The summed E-state index contributed by atoms with van der Waals surface area (Å²) in [5.41, 5.74) is 3.07. The van der Waals surface area contributed by atoms with Gasteiger partial charge in [0.1, 0.15) is 6.61 Å². The van der Waals surface area contributed by atoms with E-state index in [0.717, 1.165) is 36.0 Å². The molecule has 0 bridgehead atoms. The monoisotopic (exact) mass is 335 g/mol. The van der Waals surface area contributed by atoms with E-state index in [4.69, 9.17) is 9.73 Å². The Kier molecular flexibility index (Phi) is 5.03. The van der Waals surface area contributed by atoms with Gasteiger partial charge < -0.3 is 4.74 Å². The van der Waals surface area contributed by atoms with Crippen molar-refractivity contribution in [2.45, 2.75) is 45.6 Å². The van der Waals surface area contributed by atoms with E-state index in [9.17, 15) is 4.79 Å². The molecule has 1 aliphatic rings. The quantitative estimate of drug-likeness (QED) is 0.710. The third kappa shape index (κ3) is 3.81. The van der Waals surface area contributed by atoms with E-state index >= 15 is 0 Å². The molecule has 0 spiro atoms. The minimum atomic E-state index is -0.248. The van der Waals surface area contributed by atoms with Gasteiger partial charge in [-0.3, -0.25) is 4.79 Å². The molecule has 3 nitrogen and oxygen atoms in total. The lowest BCUT2D eigenvalue weighted by atomic mass is 9.91. The summed E-state index contributed by atoms with van der Waals surface area (Å²) in [6.07, 6.45) is 3.03. The van der Waals surface area contributed by atoms with Crippen LogP contribution < -0.4 is 0 Å². The molecule has 0 fully saturated rings. The highest BCUT2D eigenvalue weighted by atomic mass is 16.5. The zero-order chi connectivity index (χ0) is 17.9. The molecular formula is C22H25NO2. The maximum atomic E-state index is 13.3. The van der Waals surface area contributed by atoms with Crippen molar-refractivity contribution in [2.24, 2.45) is 4.99 Å². The van der Waals surface area contributed by atoms with E-state index in [-0.39, 0.29) is 11.3 Å². The molecule has 2 aromatic rings. The van der Waals surface area contributed by atoms with Crippen molar-refractivity contribution >= 4 is 11.7 Å². The summed E-state index contributed by atoms with van der Waals surface area (Å²) in [5, 5.41) is 0. The predicted octanol–water partition coefficient (Wildman–Crippen LogP) is 4.82. The Morgan fingerprint density at radius 3 is 2.52 bits per heavy atom. The fourth-order valence-electron chi connectivity index (χ4n) is 3.08. The van der Waals surface area contributed by atoms with Gasteiger partial charge >= 0.3 is 0 Å². The second-order valence-corrected chi connectivity index (χ2v) is 7.16. The van der Waals surface area contributed by atoms with Crippen LogP contribution in [-0.2, 0) is 11.2 Å². The lowest BCUT2D eigenvalue weighted by molar-refractivity contribution is 0.103. The van der Waals surface area contributed by atoms with Gasteiger partial charge in [-0.1, -0.05) is 55.8 Å². The van der Waals surface area contributed by atoms with Crippen molar-refractivity contribution in [1.82, 2.24) is 0 Å². The highest BCUT2D eigenvalue weighted by Gasteiger charge is 2.30.